The summed E-state index contributed by atoms with van der Waals surface area (Å²) >= 11 is 0. The minimum absolute atomic E-state index is 0.0360. The molecule has 0 atom stereocenters. The number of allylic oxidation sites excluding steroid dienone is 1. The van der Waals surface area contributed by atoms with Gasteiger partial charge in [0.2, 0.25) is 5.91 Å². The lowest BCUT2D eigenvalue weighted by molar-refractivity contribution is -0.117. The second kappa shape index (κ2) is 9.38. The first kappa shape index (κ1) is 22.3. The molecule has 3 aromatic carbocycles. The normalized spacial score (nSPS) is 14.7. The third-order valence-corrected chi connectivity index (χ3v) is 6.89. The van der Waals surface area contributed by atoms with E-state index in [-0.39, 0.29) is 5.91 Å². The van der Waals surface area contributed by atoms with Crippen LogP contribution >= 0.6 is 0 Å². The van der Waals surface area contributed by atoms with E-state index in [9.17, 15) is 4.79 Å². The van der Waals surface area contributed by atoms with Gasteiger partial charge in [-0.05, 0) is 61.6 Å². The van der Waals surface area contributed by atoms with Gasteiger partial charge in [0, 0.05) is 34.2 Å². The van der Waals surface area contributed by atoms with E-state index >= 15 is 0 Å². The van der Waals surface area contributed by atoms with E-state index in [0.717, 1.165) is 57.4 Å². The summed E-state index contributed by atoms with van der Waals surface area (Å²) in [5, 5.41) is 6.56. The Bertz CT molecular complexity index is 1380. The lowest BCUT2D eigenvalue weighted by Crippen LogP contribution is -2.31. The summed E-state index contributed by atoms with van der Waals surface area (Å²) in [7, 11) is 0. The van der Waals surface area contributed by atoms with Gasteiger partial charge in [-0.25, -0.2) is 0 Å². The molecule has 4 nitrogen and oxygen atoms in total. The van der Waals surface area contributed by atoms with Gasteiger partial charge < -0.3 is 14.5 Å². The summed E-state index contributed by atoms with van der Waals surface area (Å²) in [6.07, 6.45) is 8.06. The van der Waals surface area contributed by atoms with Crippen molar-refractivity contribution in [3.05, 3.63) is 72.0 Å². The Balaban J connectivity index is 1.63. The second-order valence-electron chi connectivity index (χ2n) is 9.18. The van der Waals surface area contributed by atoms with Crippen molar-refractivity contribution in [2.24, 2.45) is 0 Å². The van der Waals surface area contributed by atoms with E-state index in [1.807, 2.05) is 27.0 Å². The Morgan fingerprint density at radius 3 is 2.65 bits per heavy atom. The Morgan fingerprint density at radius 2 is 1.85 bits per heavy atom. The van der Waals surface area contributed by atoms with Gasteiger partial charge in [0.1, 0.15) is 11.3 Å². The highest BCUT2D eigenvalue weighted by Crippen LogP contribution is 2.42. The van der Waals surface area contributed by atoms with Crippen LogP contribution in [0.25, 0.3) is 38.4 Å². The molecular weight excluding hydrogens is 422 g/mol. The van der Waals surface area contributed by atoms with Crippen LogP contribution in [0.4, 0.5) is 0 Å². The molecule has 0 unspecified atom stereocenters. The van der Waals surface area contributed by atoms with Crippen molar-refractivity contribution in [2.75, 3.05) is 6.61 Å². The summed E-state index contributed by atoms with van der Waals surface area (Å²) in [5.74, 6) is 0.738. The molecular formula is C30H31NO3. The third-order valence-electron chi connectivity index (χ3n) is 6.89. The summed E-state index contributed by atoms with van der Waals surface area (Å²) in [4.78, 5) is 12.7. The van der Waals surface area contributed by atoms with Crippen molar-refractivity contribution in [2.45, 2.75) is 52.5 Å². The maximum Gasteiger partial charge on any atom is 0.244 e. The van der Waals surface area contributed by atoms with Crippen molar-refractivity contribution in [1.29, 1.82) is 0 Å². The topological polar surface area (TPSA) is 51.5 Å². The predicted molar refractivity (Wildman–Crippen MR) is 139 cm³/mol. The summed E-state index contributed by atoms with van der Waals surface area (Å²) in [6.45, 7) is 6.52. The molecule has 1 aromatic heterocycles. The average Bonchev–Trinajstić information content (AvgIpc) is 3.50. The fourth-order valence-electron chi connectivity index (χ4n) is 5.20. The Kier molecular flexibility index (Phi) is 6.14. The van der Waals surface area contributed by atoms with Crippen molar-refractivity contribution in [1.82, 2.24) is 5.32 Å². The van der Waals surface area contributed by atoms with Crippen molar-refractivity contribution in [3.8, 4) is 16.9 Å². The lowest BCUT2D eigenvalue weighted by atomic mass is 9.94. The van der Waals surface area contributed by atoms with Crippen LogP contribution in [0.3, 0.4) is 0 Å². The standard InChI is InChI=1S/C30H31NO3/c1-4-33-29-20(3)30-26(17-25(29)19(2)16-28(32)31-22-12-6-7-13-22)27(18-34-30)24-15-9-11-21-10-5-8-14-23(21)24/h5,8-11,14-18,22H,4,6-7,12-13H2,1-3H3,(H,31,32)/b19-16+. The Labute approximate surface area is 200 Å². The SMILES string of the molecule is CCOc1c(/C(C)=C/C(=O)NC2CCCC2)cc2c(-c3cccc4ccccc34)coc2c1C. The molecule has 1 heterocycles. The van der Waals surface area contributed by atoms with Gasteiger partial charge in [-0.1, -0.05) is 55.3 Å². The number of carbonyl (C=O) groups is 1. The van der Waals surface area contributed by atoms with E-state index in [4.69, 9.17) is 9.15 Å². The van der Waals surface area contributed by atoms with Crippen molar-refractivity contribution in [3.63, 3.8) is 0 Å². The monoisotopic (exact) mass is 453 g/mol. The second-order valence-corrected chi connectivity index (χ2v) is 9.18. The Morgan fingerprint density at radius 1 is 1.09 bits per heavy atom. The quantitative estimate of drug-likeness (QED) is 0.309. The van der Waals surface area contributed by atoms with E-state index < -0.39 is 0 Å². The number of carbonyl (C=O) groups excluding carboxylic acids is 1. The maximum absolute atomic E-state index is 12.7. The summed E-state index contributed by atoms with van der Waals surface area (Å²) in [6, 6.07) is 17.1. The molecule has 1 aliphatic carbocycles. The van der Waals surface area contributed by atoms with E-state index in [1.54, 1.807) is 6.08 Å². The van der Waals surface area contributed by atoms with Gasteiger partial charge >= 0.3 is 0 Å². The van der Waals surface area contributed by atoms with Gasteiger partial charge in [0.05, 0.1) is 12.9 Å². The number of rotatable bonds is 6. The molecule has 0 aliphatic heterocycles. The molecule has 4 aromatic rings. The highest BCUT2D eigenvalue weighted by Gasteiger charge is 2.21. The van der Waals surface area contributed by atoms with E-state index in [0.29, 0.717) is 12.6 Å². The van der Waals surface area contributed by atoms with Crippen LogP contribution in [0.1, 0.15) is 50.7 Å². The number of nitrogens with one attached hydrogen (secondary N) is 1. The number of furan rings is 1. The van der Waals surface area contributed by atoms with Crippen molar-refractivity contribution < 1.29 is 13.9 Å². The Hall–Kier alpha value is -3.53. The molecule has 1 amide bonds. The number of hydrogen-bond acceptors (Lipinski definition) is 3. The number of ether oxygens (including phenoxy) is 1. The van der Waals surface area contributed by atoms with Gasteiger partial charge in [-0.15, -0.1) is 0 Å². The highest BCUT2D eigenvalue weighted by atomic mass is 16.5. The van der Waals surface area contributed by atoms with Crippen molar-refractivity contribution >= 4 is 33.2 Å². The minimum Gasteiger partial charge on any atom is -0.493 e. The molecule has 0 spiro atoms. The zero-order valence-electron chi connectivity index (χ0n) is 20.1. The van der Waals surface area contributed by atoms with Gasteiger partial charge in [0.25, 0.3) is 0 Å². The molecule has 34 heavy (non-hydrogen) atoms. The van der Waals surface area contributed by atoms with Crippen LogP contribution in [-0.2, 0) is 4.79 Å². The van der Waals surface area contributed by atoms with Crippen LogP contribution in [0.2, 0.25) is 0 Å². The fraction of sp³-hybridized carbons (Fsp3) is 0.300. The largest absolute Gasteiger partial charge is 0.493 e. The molecule has 0 bridgehead atoms. The molecule has 1 N–H and O–H groups in total. The number of aryl methyl sites for hydroxylation is 1. The third kappa shape index (κ3) is 4.09. The summed E-state index contributed by atoms with van der Waals surface area (Å²) < 4.78 is 12.2. The van der Waals surface area contributed by atoms with Gasteiger partial charge in [-0.3, -0.25) is 4.79 Å². The zero-order valence-corrected chi connectivity index (χ0v) is 20.1. The number of benzene rings is 3. The highest BCUT2D eigenvalue weighted by molar-refractivity contribution is 6.07. The first-order valence-electron chi connectivity index (χ1n) is 12.2. The van der Waals surface area contributed by atoms with Crippen LogP contribution in [-0.4, -0.2) is 18.6 Å². The maximum atomic E-state index is 12.7. The molecule has 1 saturated carbocycles. The molecule has 174 valence electrons. The molecule has 0 radical (unpaired) electrons. The summed E-state index contributed by atoms with van der Waals surface area (Å²) in [5.41, 5.74) is 5.75. The van der Waals surface area contributed by atoms with E-state index in [1.165, 1.54) is 23.6 Å². The van der Waals surface area contributed by atoms with Crippen LogP contribution < -0.4 is 10.1 Å². The zero-order chi connectivity index (χ0) is 23.7. The predicted octanol–water partition coefficient (Wildman–Crippen LogP) is 7.42. The number of hydrogen-bond donors (Lipinski definition) is 1. The van der Waals surface area contributed by atoms with Gasteiger partial charge in [0.15, 0.2) is 0 Å². The number of fused-ring (bicyclic) bond motifs is 2. The molecule has 5 rings (SSSR count). The first-order chi connectivity index (χ1) is 16.6. The van der Waals surface area contributed by atoms with Crippen LogP contribution in [0, 0.1) is 6.92 Å². The van der Waals surface area contributed by atoms with Crippen LogP contribution in [0.5, 0.6) is 5.75 Å². The van der Waals surface area contributed by atoms with Gasteiger partial charge in [-0.2, -0.15) is 0 Å². The average molecular weight is 454 g/mol. The minimum atomic E-state index is -0.0360. The molecule has 0 saturated heterocycles. The lowest BCUT2D eigenvalue weighted by Gasteiger charge is -2.16. The smallest absolute Gasteiger partial charge is 0.244 e. The molecule has 1 fully saturated rings. The number of amides is 1. The van der Waals surface area contributed by atoms with E-state index in [2.05, 4.69) is 53.8 Å². The molecule has 1 aliphatic rings. The first-order valence-corrected chi connectivity index (χ1v) is 12.2. The van der Waals surface area contributed by atoms with Crippen LogP contribution in [0.15, 0.2) is 65.3 Å². The molecule has 4 heteroatoms. The fourth-order valence-corrected chi connectivity index (χ4v) is 5.20.